The van der Waals surface area contributed by atoms with Gasteiger partial charge in [-0.05, 0) is 72.9 Å². The van der Waals surface area contributed by atoms with Crippen LogP contribution in [0.25, 0.3) is 11.1 Å². The topological polar surface area (TPSA) is 69.2 Å². The molecule has 5 nitrogen and oxygen atoms in total. The molecule has 0 unspecified atom stereocenters. The van der Waals surface area contributed by atoms with Crippen molar-refractivity contribution >= 4 is 23.1 Å². The van der Waals surface area contributed by atoms with Crippen LogP contribution in [0.3, 0.4) is 0 Å². The molecule has 2 aromatic heterocycles. The maximum atomic E-state index is 13.9. The molecule has 0 amide bonds. The number of aromatic nitrogens is 2. The van der Waals surface area contributed by atoms with Gasteiger partial charge in [0.15, 0.2) is 5.75 Å². The van der Waals surface area contributed by atoms with Gasteiger partial charge >= 0.3 is 0 Å². The summed E-state index contributed by atoms with van der Waals surface area (Å²) in [7, 11) is 1.76. The van der Waals surface area contributed by atoms with Gasteiger partial charge in [0.2, 0.25) is 0 Å². The number of benzene rings is 2. The van der Waals surface area contributed by atoms with Crippen molar-refractivity contribution in [3.05, 3.63) is 94.4 Å². The lowest BCUT2D eigenvalue weighted by atomic mass is 10.0. The van der Waals surface area contributed by atoms with Crippen LogP contribution in [0, 0.1) is 12.7 Å². The molecule has 0 radical (unpaired) electrons. The third-order valence-electron chi connectivity index (χ3n) is 5.91. The Bertz CT molecular complexity index is 1390. The Morgan fingerprint density at radius 2 is 1.91 bits per heavy atom. The third kappa shape index (κ3) is 5.41. The fraction of sp³-hybridized carbons (Fsp3) is 0.214. The van der Waals surface area contributed by atoms with Crippen LogP contribution in [-0.2, 0) is 6.42 Å². The molecule has 2 aromatic carbocycles. The van der Waals surface area contributed by atoms with E-state index in [-0.39, 0.29) is 22.0 Å². The van der Waals surface area contributed by atoms with Crippen LogP contribution in [0.1, 0.15) is 31.0 Å². The van der Waals surface area contributed by atoms with Crippen molar-refractivity contribution in [3.8, 4) is 16.9 Å². The highest BCUT2D eigenvalue weighted by atomic mass is 32.2. The first kappa shape index (κ1) is 24.5. The summed E-state index contributed by atoms with van der Waals surface area (Å²) in [5, 5.41) is 11.3. The number of rotatable bonds is 8. The predicted molar refractivity (Wildman–Crippen MR) is 140 cm³/mol. The van der Waals surface area contributed by atoms with Gasteiger partial charge < -0.3 is 15.0 Å². The van der Waals surface area contributed by atoms with Crippen molar-refractivity contribution in [2.75, 3.05) is 11.9 Å². The van der Waals surface area contributed by atoms with E-state index < -0.39 is 0 Å². The average molecular weight is 490 g/mol. The molecular weight excluding hydrogens is 461 g/mol. The molecule has 0 aliphatic heterocycles. The molecule has 0 fully saturated rings. The average Bonchev–Trinajstić information content (AvgIpc) is 2.85. The van der Waals surface area contributed by atoms with Gasteiger partial charge in [0.1, 0.15) is 16.4 Å². The summed E-state index contributed by atoms with van der Waals surface area (Å²) in [6, 6.07) is 16.0. The van der Waals surface area contributed by atoms with Gasteiger partial charge in [-0.25, -0.2) is 4.39 Å². The molecule has 0 aliphatic rings. The van der Waals surface area contributed by atoms with E-state index in [1.54, 1.807) is 30.3 Å². The highest BCUT2D eigenvalue weighted by Gasteiger charge is 2.22. The number of aromatic amines is 1. The SMILES string of the molecule is CCCCc1[nH]c(=O)c(Sc2ccc(-c3ccncc3C)cc2)c(O)c1N(C)c1cccc(F)c1. The fourth-order valence-corrected chi connectivity index (χ4v) is 4.88. The number of unbranched alkanes of at least 4 members (excludes halogenated alkanes) is 1. The molecule has 0 spiro atoms. The van der Waals surface area contributed by atoms with E-state index in [4.69, 9.17) is 0 Å². The molecular formula is C28H28FN3O2S. The summed E-state index contributed by atoms with van der Waals surface area (Å²) in [6.45, 7) is 4.08. The first-order valence-electron chi connectivity index (χ1n) is 11.5. The number of aromatic hydroxyl groups is 1. The van der Waals surface area contributed by atoms with Gasteiger partial charge in [0, 0.05) is 35.7 Å². The minimum atomic E-state index is -0.368. The zero-order valence-corrected chi connectivity index (χ0v) is 20.8. The molecule has 0 aliphatic carbocycles. The van der Waals surface area contributed by atoms with Crippen LogP contribution in [0.4, 0.5) is 15.8 Å². The summed E-state index contributed by atoms with van der Waals surface area (Å²) in [5.74, 6) is -0.474. The second-order valence-electron chi connectivity index (χ2n) is 8.42. The summed E-state index contributed by atoms with van der Waals surface area (Å²) >= 11 is 1.20. The summed E-state index contributed by atoms with van der Waals surface area (Å²) in [6.07, 6.45) is 5.97. The van der Waals surface area contributed by atoms with Crippen molar-refractivity contribution < 1.29 is 9.50 Å². The van der Waals surface area contributed by atoms with E-state index in [2.05, 4.69) is 16.9 Å². The van der Waals surface area contributed by atoms with Crippen LogP contribution >= 0.6 is 11.8 Å². The van der Waals surface area contributed by atoms with Crippen molar-refractivity contribution in [1.29, 1.82) is 0 Å². The molecule has 2 heterocycles. The molecule has 0 saturated heterocycles. The number of pyridine rings is 2. The Morgan fingerprint density at radius 1 is 1.14 bits per heavy atom. The molecule has 0 atom stereocenters. The molecule has 0 saturated carbocycles. The number of hydrogen-bond acceptors (Lipinski definition) is 5. The van der Waals surface area contributed by atoms with E-state index in [0.717, 1.165) is 34.4 Å². The molecule has 4 aromatic rings. The van der Waals surface area contributed by atoms with Gasteiger partial charge in [-0.15, -0.1) is 0 Å². The summed E-state index contributed by atoms with van der Waals surface area (Å²) < 4.78 is 13.9. The lowest BCUT2D eigenvalue weighted by Crippen LogP contribution is -2.19. The molecule has 2 N–H and O–H groups in total. The van der Waals surface area contributed by atoms with E-state index in [9.17, 15) is 14.3 Å². The Hall–Kier alpha value is -3.58. The number of aryl methyl sites for hydroxylation is 2. The largest absolute Gasteiger partial charge is 0.504 e. The van der Waals surface area contributed by atoms with Crippen LogP contribution < -0.4 is 10.5 Å². The molecule has 4 rings (SSSR count). The maximum absolute atomic E-state index is 13.9. The number of H-pyrrole nitrogens is 1. The Morgan fingerprint density at radius 3 is 2.60 bits per heavy atom. The lowest BCUT2D eigenvalue weighted by molar-refractivity contribution is 0.459. The number of nitrogens with zero attached hydrogens (tertiary/aromatic N) is 2. The van der Waals surface area contributed by atoms with Crippen LogP contribution in [-0.4, -0.2) is 22.1 Å². The standard InChI is InChI=1S/C28H28FN3O2S/c1-4-5-9-24-25(32(3)21-8-6-7-20(29)16-21)26(33)27(28(34)31-24)35-22-12-10-19(11-13-22)23-14-15-30-17-18(23)2/h6-8,10-17H,4-5,9H2,1-3H3,(H2,31,33,34). The number of anilines is 2. The number of nitrogens with one attached hydrogen (secondary N) is 1. The zero-order chi connectivity index (χ0) is 24.9. The minimum Gasteiger partial charge on any atom is -0.504 e. The molecule has 35 heavy (non-hydrogen) atoms. The van der Waals surface area contributed by atoms with Crippen molar-refractivity contribution in [2.45, 2.75) is 42.9 Å². The Balaban J connectivity index is 1.72. The second kappa shape index (κ2) is 10.8. The first-order valence-corrected chi connectivity index (χ1v) is 12.4. The molecule has 0 bridgehead atoms. The van der Waals surface area contributed by atoms with Crippen LogP contribution in [0.15, 0.2) is 81.6 Å². The van der Waals surface area contributed by atoms with Gasteiger partial charge in [0.05, 0.1) is 0 Å². The normalized spacial score (nSPS) is 11.0. The smallest absolute Gasteiger partial charge is 0.266 e. The Labute approximate surface area is 208 Å². The maximum Gasteiger partial charge on any atom is 0.266 e. The van der Waals surface area contributed by atoms with Gasteiger partial charge in [-0.3, -0.25) is 9.78 Å². The number of hydrogen-bond donors (Lipinski definition) is 2. The fourth-order valence-electron chi connectivity index (χ4n) is 4.03. The quantitative estimate of drug-likeness (QED) is 0.283. The van der Waals surface area contributed by atoms with E-state index in [1.807, 2.05) is 43.5 Å². The highest BCUT2D eigenvalue weighted by molar-refractivity contribution is 7.99. The third-order valence-corrected chi connectivity index (χ3v) is 7.00. The van der Waals surface area contributed by atoms with Crippen molar-refractivity contribution in [2.24, 2.45) is 0 Å². The van der Waals surface area contributed by atoms with Crippen molar-refractivity contribution in [3.63, 3.8) is 0 Å². The minimum absolute atomic E-state index is 0.106. The molecule has 7 heteroatoms. The lowest BCUT2D eigenvalue weighted by Gasteiger charge is -2.24. The van der Waals surface area contributed by atoms with Gasteiger partial charge in [0.25, 0.3) is 5.56 Å². The molecule has 180 valence electrons. The van der Waals surface area contributed by atoms with E-state index in [1.165, 1.54) is 23.9 Å². The van der Waals surface area contributed by atoms with Crippen LogP contribution in [0.5, 0.6) is 5.75 Å². The Kier molecular flexibility index (Phi) is 7.56. The van der Waals surface area contributed by atoms with Crippen molar-refractivity contribution in [1.82, 2.24) is 9.97 Å². The van der Waals surface area contributed by atoms with Gasteiger partial charge in [-0.2, -0.15) is 0 Å². The van der Waals surface area contributed by atoms with Crippen LogP contribution in [0.2, 0.25) is 0 Å². The van der Waals surface area contributed by atoms with E-state index in [0.29, 0.717) is 23.5 Å². The number of halogens is 1. The van der Waals surface area contributed by atoms with E-state index >= 15 is 0 Å². The van der Waals surface area contributed by atoms with Gasteiger partial charge in [-0.1, -0.05) is 43.3 Å². The predicted octanol–water partition coefficient (Wildman–Crippen LogP) is 6.85. The monoisotopic (exact) mass is 489 g/mol. The second-order valence-corrected chi connectivity index (χ2v) is 9.50. The first-order chi connectivity index (χ1) is 16.9. The summed E-state index contributed by atoms with van der Waals surface area (Å²) in [5.41, 5.74) is 4.58. The summed E-state index contributed by atoms with van der Waals surface area (Å²) in [4.78, 5) is 22.9. The highest BCUT2D eigenvalue weighted by Crippen LogP contribution is 2.42. The zero-order valence-electron chi connectivity index (χ0n) is 20.0.